The summed E-state index contributed by atoms with van der Waals surface area (Å²) >= 11 is 0. The first-order valence-electron chi connectivity index (χ1n) is 9.43. The highest BCUT2D eigenvalue weighted by Gasteiger charge is 2.29. The van der Waals surface area contributed by atoms with Gasteiger partial charge in [0.1, 0.15) is 13.3 Å². The molecule has 0 aromatic heterocycles. The number of ether oxygens (including phenoxy) is 1. The topological polar surface area (TPSA) is 36.0 Å². The molecule has 0 radical (unpaired) electrons. The Morgan fingerprint density at radius 3 is 1.79 bits per heavy atom. The van der Waals surface area contributed by atoms with Gasteiger partial charge in [-0.15, -0.1) is 0 Å². The minimum atomic E-state index is -0.290. The molecular weight excluding hydrogens is 350 g/mol. The number of para-hydroxylation sites is 2. The molecule has 0 amide bonds. The van der Waals surface area contributed by atoms with E-state index in [1.807, 2.05) is 55.5 Å². The van der Waals surface area contributed by atoms with Gasteiger partial charge in [0.25, 0.3) is 0 Å². The summed E-state index contributed by atoms with van der Waals surface area (Å²) in [4.78, 5) is 14.3. The van der Waals surface area contributed by atoms with Gasteiger partial charge in [0.05, 0.1) is 23.5 Å². The van der Waals surface area contributed by atoms with Crippen molar-refractivity contribution in [2.75, 3.05) is 34.9 Å². The van der Waals surface area contributed by atoms with Crippen LogP contribution in [0.4, 0.5) is 17.1 Å². The number of rotatable bonds is 5. The number of anilines is 3. The van der Waals surface area contributed by atoms with Crippen molar-refractivity contribution in [2.45, 2.75) is 6.92 Å². The largest absolute Gasteiger partial charge is 0.462 e. The van der Waals surface area contributed by atoms with Crippen molar-refractivity contribution in [2.24, 2.45) is 0 Å². The molecule has 0 saturated carbocycles. The second kappa shape index (κ2) is 8.05. The number of carbonyl (C=O) groups excluding carboxylic acids is 1. The summed E-state index contributed by atoms with van der Waals surface area (Å²) in [5, 5.41) is 4.46. The maximum atomic E-state index is 11.9. The molecule has 0 unspecified atom stereocenters. The zero-order valence-corrected chi connectivity index (χ0v) is 15.9. The fraction of sp³-hybridized carbons (Fsp3) is 0.174. The highest BCUT2D eigenvalue weighted by atomic mass is 16.5. The van der Waals surface area contributed by atoms with E-state index in [1.54, 1.807) is 0 Å². The molecule has 5 heteroatoms. The number of nitrogens with zero attached hydrogens (tertiary/aromatic N) is 3. The molecule has 1 fully saturated rings. The Bertz CT molecular complexity index is 914. The first-order chi connectivity index (χ1) is 13.8. The molecule has 142 valence electrons. The summed E-state index contributed by atoms with van der Waals surface area (Å²) in [6, 6.07) is 28.3. The van der Waals surface area contributed by atoms with Gasteiger partial charge < -0.3 is 9.64 Å². The summed E-state index contributed by atoms with van der Waals surface area (Å²) in [5.74, 6) is -0.290. The molecule has 0 bridgehead atoms. The predicted octanol–water partition coefficient (Wildman–Crippen LogP) is 4.53. The van der Waals surface area contributed by atoms with Gasteiger partial charge in [-0.05, 0) is 55.5 Å². The summed E-state index contributed by atoms with van der Waals surface area (Å²) in [5.41, 5.74) is 3.88. The van der Waals surface area contributed by atoms with E-state index < -0.39 is 0 Å². The standard InChI is InChI=1S/C23H23N3O2/c1-2-28-23(27)19-13-15-22(16-14-19)26-18-24(20-9-5-3-6-10-20)17-25(26)21-11-7-4-8-12-21/h3-16H,2,17-18H2,1H3. The molecular formula is C23H23N3O2. The van der Waals surface area contributed by atoms with Gasteiger partial charge in [0, 0.05) is 5.69 Å². The van der Waals surface area contributed by atoms with Crippen LogP contribution in [0.1, 0.15) is 17.3 Å². The molecule has 1 aliphatic rings. The van der Waals surface area contributed by atoms with E-state index in [-0.39, 0.29) is 5.97 Å². The van der Waals surface area contributed by atoms with Crippen LogP contribution in [0.5, 0.6) is 0 Å². The first-order valence-corrected chi connectivity index (χ1v) is 9.43. The van der Waals surface area contributed by atoms with E-state index in [0.717, 1.165) is 24.7 Å². The SMILES string of the molecule is CCOC(=O)c1ccc(N2CN(c3ccccc3)CN2c2ccccc2)cc1. The smallest absolute Gasteiger partial charge is 0.338 e. The average molecular weight is 373 g/mol. The van der Waals surface area contributed by atoms with E-state index in [1.165, 1.54) is 5.69 Å². The summed E-state index contributed by atoms with van der Waals surface area (Å²) in [7, 11) is 0. The third-order valence-electron chi connectivity index (χ3n) is 4.75. The highest BCUT2D eigenvalue weighted by Crippen LogP contribution is 2.30. The monoisotopic (exact) mass is 373 g/mol. The second-order valence-corrected chi connectivity index (χ2v) is 6.56. The van der Waals surface area contributed by atoms with Gasteiger partial charge in [0.2, 0.25) is 0 Å². The van der Waals surface area contributed by atoms with Gasteiger partial charge in [0.15, 0.2) is 0 Å². The Morgan fingerprint density at radius 2 is 1.25 bits per heavy atom. The molecule has 1 heterocycles. The van der Waals surface area contributed by atoms with Gasteiger partial charge in [-0.2, -0.15) is 0 Å². The van der Waals surface area contributed by atoms with Crippen LogP contribution in [0.25, 0.3) is 0 Å². The number of benzene rings is 3. The van der Waals surface area contributed by atoms with Crippen molar-refractivity contribution in [3.05, 3.63) is 90.5 Å². The Hall–Kier alpha value is -3.47. The minimum absolute atomic E-state index is 0.290. The Kier molecular flexibility index (Phi) is 5.15. The van der Waals surface area contributed by atoms with Crippen LogP contribution in [0, 0.1) is 0 Å². The van der Waals surface area contributed by atoms with E-state index >= 15 is 0 Å². The van der Waals surface area contributed by atoms with E-state index in [0.29, 0.717) is 12.2 Å². The number of hydrazine groups is 1. The van der Waals surface area contributed by atoms with Crippen LogP contribution >= 0.6 is 0 Å². The normalized spacial score (nSPS) is 13.7. The number of hydrogen-bond donors (Lipinski definition) is 0. The van der Waals surface area contributed by atoms with Crippen LogP contribution < -0.4 is 14.9 Å². The van der Waals surface area contributed by atoms with Gasteiger partial charge in [-0.25, -0.2) is 4.79 Å². The van der Waals surface area contributed by atoms with Crippen LogP contribution in [0.2, 0.25) is 0 Å². The van der Waals surface area contributed by atoms with Crippen molar-refractivity contribution >= 4 is 23.0 Å². The Morgan fingerprint density at radius 1 is 0.750 bits per heavy atom. The summed E-state index contributed by atoms with van der Waals surface area (Å²) in [6.07, 6.45) is 0. The molecule has 3 aromatic carbocycles. The average Bonchev–Trinajstić information content (AvgIpc) is 3.21. The van der Waals surface area contributed by atoms with Gasteiger partial charge in [-0.3, -0.25) is 10.0 Å². The van der Waals surface area contributed by atoms with Crippen LogP contribution in [0.15, 0.2) is 84.9 Å². The fourth-order valence-corrected chi connectivity index (χ4v) is 3.35. The molecule has 5 nitrogen and oxygen atoms in total. The van der Waals surface area contributed by atoms with Gasteiger partial charge in [-0.1, -0.05) is 36.4 Å². The maximum absolute atomic E-state index is 11.9. The predicted molar refractivity (Wildman–Crippen MR) is 112 cm³/mol. The Labute approximate surface area is 165 Å². The van der Waals surface area contributed by atoms with Crippen molar-refractivity contribution in [1.82, 2.24) is 0 Å². The molecule has 28 heavy (non-hydrogen) atoms. The third kappa shape index (κ3) is 3.64. The van der Waals surface area contributed by atoms with Crippen LogP contribution in [-0.4, -0.2) is 25.9 Å². The molecule has 3 aromatic rings. The quantitative estimate of drug-likeness (QED) is 0.614. The second-order valence-electron chi connectivity index (χ2n) is 6.56. The van der Waals surface area contributed by atoms with Crippen molar-refractivity contribution in [3.63, 3.8) is 0 Å². The molecule has 0 spiro atoms. The zero-order valence-electron chi connectivity index (χ0n) is 15.9. The maximum Gasteiger partial charge on any atom is 0.338 e. The van der Waals surface area contributed by atoms with E-state index in [4.69, 9.17) is 4.74 Å². The lowest BCUT2D eigenvalue weighted by molar-refractivity contribution is 0.0526. The molecule has 0 N–H and O–H groups in total. The molecule has 1 saturated heterocycles. The third-order valence-corrected chi connectivity index (χ3v) is 4.75. The molecule has 4 rings (SSSR count). The van der Waals surface area contributed by atoms with E-state index in [9.17, 15) is 4.79 Å². The lowest BCUT2D eigenvalue weighted by Crippen LogP contribution is -2.36. The fourth-order valence-electron chi connectivity index (χ4n) is 3.35. The minimum Gasteiger partial charge on any atom is -0.462 e. The lowest BCUT2D eigenvalue weighted by Gasteiger charge is -2.29. The van der Waals surface area contributed by atoms with E-state index in [2.05, 4.69) is 51.3 Å². The van der Waals surface area contributed by atoms with Crippen molar-refractivity contribution in [3.8, 4) is 0 Å². The number of hydrogen-bond acceptors (Lipinski definition) is 5. The zero-order chi connectivity index (χ0) is 19.3. The molecule has 1 aliphatic heterocycles. The Balaban J connectivity index is 1.63. The lowest BCUT2D eigenvalue weighted by atomic mass is 10.2. The highest BCUT2D eigenvalue weighted by molar-refractivity contribution is 5.89. The van der Waals surface area contributed by atoms with Crippen LogP contribution in [0.3, 0.4) is 0 Å². The van der Waals surface area contributed by atoms with Crippen LogP contribution in [-0.2, 0) is 4.74 Å². The van der Waals surface area contributed by atoms with Crippen molar-refractivity contribution in [1.29, 1.82) is 0 Å². The number of carbonyl (C=O) groups is 1. The first kappa shape index (κ1) is 17.9. The summed E-state index contributed by atoms with van der Waals surface area (Å²) in [6.45, 7) is 3.65. The van der Waals surface area contributed by atoms with Crippen molar-refractivity contribution < 1.29 is 9.53 Å². The molecule has 0 aliphatic carbocycles. The molecule has 0 atom stereocenters. The number of esters is 1. The summed E-state index contributed by atoms with van der Waals surface area (Å²) < 4.78 is 5.09. The van der Waals surface area contributed by atoms with Gasteiger partial charge >= 0.3 is 5.97 Å².